The van der Waals surface area contributed by atoms with Crippen molar-refractivity contribution in [2.24, 2.45) is 7.05 Å². The van der Waals surface area contributed by atoms with Crippen LogP contribution in [0.15, 0.2) is 45.6 Å². The molecule has 0 fully saturated rings. The van der Waals surface area contributed by atoms with Crippen LogP contribution < -0.4 is 4.72 Å². The molecule has 0 saturated heterocycles. The van der Waals surface area contributed by atoms with Gasteiger partial charge in [0.2, 0.25) is 0 Å². The number of hydrogen-bond donors (Lipinski definition) is 2. The summed E-state index contributed by atoms with van der Waals surface area (Å²) >= 11 is 2.84. The number of aromatic nitrogens is 2. The molecule has 0 aliphatic carbocycles. The SMILES string of the molecule is CC(C)c1nc(S(=O)(=O)NCC(O)(c2ccsc2)c2cccs2)cn1C. The Labute approximate surface area is 161 Å². The lowest BCUT2D eigenvalue weighted by atomic mass is 9.95. The Morgan fingerprint density at radius 2 is 2.12 bits per heavy atom. The fourth-order valence-corrected chi connectivity index (χ4v) is 5.36. The van der Waals surface area contributed by atoms with Gasteiger partial charge in [-0.3, -0.25) is 0 Å². The highest BCUT2D eigenvalue weighted by molar-refractivity contribution is 7.89. The highest BCUT2D eigenvalue weighted by Crippen LogP contribution is 2.34. The maximum Gasteiger partial charge on any atom is 0.259 e. The van der Waals surface area contributed by atoms with E-state index in [2.05, 4.69) is 9.71 Å². The number of aryl methyl sites for hydroxylation is 1. The molecule has 2 N–H and O–H groups in total. The molecule has 0 aromatic carbocycles. The van der Waals surface area contributed by atoms with Crippen LogP contribution in [0.1, 0.15) is 36.0 Å². The van der Waals surface area contributed by atoms with Crippen LogP contribution in [0.5, 0.6) is 0 Å². The first-order chi connectivity index (χ1) is 12.2. The summed E-state index contributed by atoms with van der Waals surface area (Å²) in [4.78, 5) is 4.93. The summed E-state index contributed by atoms with van der Waals surface area (Å²) in [5, 5.41) is 16.8. The summed E-state index contributed by atoms with van der Waals surface area (Å²) in [5.41, 5.74) is -0.756. The number of imidazole rings is 1. The Kier molecular flexibility index (Phi) is 5.36. The minimum Gasteiger partial charge on any atom is -0.378 e. The number of nitrogens with zero attached hydrogens (tertiary/aromatic N) is 2. The molecule has 0 bridgehead atoms. The highest BCUT2D eigenvalue weighted by atomic mass is 32.2. The van der Waals surface area contributed by atoms with Gasteiger partial charge in [-0.05, 0) is 28.3 Å². The Hall–Kier alpha value is -1.52. The molecular formula is C17H21N3O3S3. The van der Waals surface area contributed by atoms with Crippen LogP contribution >= 0.6 is 22.7 Å². The molecule has 1 unspecified atom stereocenters. The van der Waals surface area contributed by atoms with E-state index in [4.69, 9.17) is 0 Å². The minimum atomic E-state index is -3.84. The maximum absolute atomic E-state index is 12.7. The monoisotopic (exact) mass is 411 g/mol. The number of hydrogen-bond acceptors (Lipinski definition) is 6. The number of rotatable bonds is 7. The zero-order valence-corrected chi connectivity index (χ0v) is 17.2. The van der Waals surface area contributed by atoms with Gasteiger partial charge < -0.3 is 9.67 Å². The third-order valence-corrected chi connectivity index (χ3v) is 7.10. The summed E-state index contributed by atoms with van der Waals surface area (Å²) in [6.45, 7) is 3.75. The summed E-state index contributed by atoms with van der Waals surface area (Å²) in [7, 11) is -2.07. The van der Waals surface area contributed by atoms with Gasteiger partial charge in [-0.2, -0.15) is 11.3 Å². The van der Waals surface area contributed by atoms with Gasteiger partial charge in [0, 0.05) is 36.1 Å². The lowest BCUT2D eigenvalue weighted by Gasteiger charge is -2.26. The number of sulfonamides is 1. The lowest BCUT2D eigenvalue weighted by Crippen LogP contribution is -2.41. The summed E-state index contributed by atoms with van der Waals surface area (Å²) in [6, 6.07) is 5.43. The molecule has 0 aliphatic rings. The van der Waals surface area contributed by atoms with Gasteiger partial charge in [-0.25, -0.2) is 18.1 Å². The first-order valence-electron chi connectivity index (χ1n) is 8.06. The van der Waals surface area contributed by atoms with Crippen LogP contribution in [0.4, 0.5) is 0 Å². The molecule has 0 amide bonds. The molecule has 0 radical (unpaired) electrons. The quantitative estimate of drug-likeness (QED) is 0.626. The van der Waals surface area contributed by atoms with Gasteiger partial charge in [-0.1, -0.05) is 19.9 Å². The molecule has 0 spiro atoms. The molecular weight excluding hydrogens is 390 g/mol. The van der Waals surface area contributed by atoms with Gasteiger partial charge in [0.05, 0.1) is 0 Å². The van der Waals surface area contributed by atoms with Crippen molar-refractivity contribution in [2.45, 2.75) is 30.4 Å². The zero-order valence-electron chi connectivity index (χ0n) is 14.7. The van der Waals surface area contributed by atoms with Crippen LogP contribution in [-0.4, -0.2) is 29.6 Å². The molecule has 140 valence electrons. The highest BCUT2D eigenvalue weighted by Gasteiger charge is 2.35. The predicted octanol–water partition coefficient (Wildman–Crippen LogP) is 2.88. The summed E-state index contributed by atoms with van der Waals surface area (Å²) in [6.07, 6.45) is 1.49. The second-order valence-corrected chi connectivity index (χ2v) is 9.82. The van der Waals surface area contributed by atoms with E-state index in [1.165, 1.54) is 28.9 Å². The summed E-state index contributed by atoms with van der Waals surface area (Å²) in [5.74, 6) is 0.800. The molecule has 3 heterocycles. The fraction of sp³-hybridized carbons (Fsp3) is 0.353. The van der Waals surface area contributed by atoms with Gasteiger partial charge in [0.25, 0.3) is 10.0 Å². The van der Waals surface area contributed by atoms with Crippen molar-refractivity contribution >= 4 is 32.7 Å². The maximum atomic E-state index is 12.7. The second-order valence-electron chi connectivity index (χ2n) is 6.38. The topological polar surface area (TPSA) is 84.2 Å². The normalized spacial score (nSPS) is 14.7. The Morgan fingerprint density at radius 3 is 2.65 bits per heavy atom. The molecule has 6 nitrogen and oxygen atoms in total. The van der Waals surface area contributed by atoms with Crippen molar-refractivity contribution in [2.75, 3.05) is 6.54 Å². The van der Waals surface area contributed by atoms with Crippen LogP contribution in [0.25, 0.3) is 0 Å². The molecule has 1 atom stereocenters. The van der Waals surface area contributed by atoms with Crippen LogP contribution in [0.3, 0.4) is 0 Å². The smallest absolute Gasteiger partial charge is 0.259 e. The standard InChI is InChI=1S/C17H21N3O3S3/c1-12(2)16-19-15(9-20(16)3)26(22,23)18-11-17(21,13-6-8-24-10-13)14-5-4-7-25-14/h4-10,12,18,21H,11H2,1-3H3. The Morgan fingerprint density at radius 1 is 1.35 bits per heavy atom. The van der Waals surface area contributed by atoms with Crippen molar-refractivity contribution in [3.05, 3.63) is 56.8 Å². The second kappa shape index (κ2) is 7.24. The van der Waals surface area contributed by atoms with E-state index >= 15 is 0 Å². The number of nitrogens with one attached hydrogen (secondary N) is 1. The molecule has 9 heteroatoms. The van der Waals surface area contributed by atoms with Crippen molar-refractivity contribution < 1.29 is 13.5 Å². The average Bonchev–Trinajstić information content (AvgIpc) is 3.32. The van der Waals surface area contributed by atoms with Gasteiger partial charge >= 0.3 is 0 Å². The summed E-state index contributed by atoms with van der Waals surface area (Å²) < 4.78 is 29.7. The predicted molar refractivity (Wildman–Crippen MR) is 104 cm³/mol. The van der Waals surface area contributed by atoms with E-state index < -0.39 is 15.6 Å². The van der Waals surface area contributed by atoms with Gasteiger partial charge in [0.15, 0.2) is 5.03 Å². The van der Waals surface area contributed by atoms with Crippen molar-refractivity contribution in [1.29, 1.82) is 0 Å². The number of aliphatic hydroxyl groups is 1. The van der Waals surface area contributed by atoms with Crippen LogP contribution in [0.2, 0.25) is 0 Å². The minimum absolute atomic E-state index is 0.0393. The van der Waals surface area contributed by atoms with E-state index in [-0.39, 0.29) is 17.5 Å². The van der Waals surface area contributed by atoms with E-state index in [1.54, 1.807) is 23.7 Å². The molecule has 3 aromatic heterocycles. The van der Waals surface area contributed by atoms with E-state index in [0.717, 1.165) is 0 Å². The largest absolute Gasteiger partial charge is 0.378 e. The van der Waals surface area contributed by atoms with Crippen molar-refractivity contribution in [3.8, 4) is 0 Å². The molecule has 0 aliphatic heterocycles. The lowest BCUT2D eigenvalue weighted by molar-refractivity contribution is 0.0903. The molecule has 0 saturated carbocycles. The fourth-order valence-electron chi connectivity index (χ4n) is 2.74. The Bertz CT molecular complexity index is 924. The van der Waals surface area contributed by atoms with E-state index in [1.807, 2.05) is 36.1 Å². The third-order valence-electron chi connectivity index (χ3n) is 4.13. The number of thiophene rings is 2. The Balaban J connectivity index is 1.89. The third kappa shape index (κ3) is 3.63. The van der Waals surface area contributed by atoms with Gasteiger partial charge in [0.1, 0.15) is 11.4 Å². The van der Waals surface area contributed by atoms with Gasteiger partial charge in [-0.15, -0.1) is 11.3 Å². The zero-order chi connectivity index (χ0) is 18.9. The van der Waals surface area contributed by atoms with Crippen LogP contribution in [0, 0.1) is 0 Å². The molecule has 26 heavy (non-hydrogen) atoms. The molecule has 3 aromatic rings. The van der Waals surface area contributed by atoms with E-state index in [0.29, 0.717) is 16.3 Å². The van der Waals surface area contributed by atoms with Crippen molar-refractivity contribution in [1.82, 2.24) is 14.3 Å². The first-order valence-corrected chi connectivity index (χ1v) is 11.4. The van der Waals surface area contributed by atoms with E-state index in [9.17, 15) is 13.5 Å². The van der Waals surface area contributed by atoms with Crippen LogP contribution in [-0.2, 0) is 22.7 Å². The molecule has 3 rings (SSSR count). The first kappa shape index (κ1) is 19.2. The average molecular weight is 412 g/mol. The van der Waals surface area contributed by atoms with Crippen molar-refractivity contribution in [3.63, 3.8) is 0 Å².